The van der Waals surface area contributed by atoms with Crippen molar-refractivity contribution in [2.45, 2.75) is 13.0 Å². The molecule has 2 aromatic rings. The van der Waals surface area contributed by atoms with Gasteiger partial charge in [0.1, 0.15) is 5.58 Å². The normalized spacial score (nSPS) is 10.6. The van der Waals surface area contributed by atoms with E-state index >= 15 is 0 Å². The zero-order valence-electron chi connectivity index (χ0n) is 10.2. The van der Waals surface area contributed by atoms with E-state index in [2.05, 4.69) is 5.32 Å². The third kappa shape index (κ3) is 2.46. The van der Waals surface area contributed by atoms with Gasteiger partial charge >= 0.3 is 0 Å². The molecule has 0 aliphatic carbocycles. The molecule has 5 heteroatoms. The molecule has 0 fully saturated rings. The van der Waals surface area contributed by atoms with Gasteiger partial charge in [-0.1, -0.05) is 12.1 Å². The molecule has 3 N–H and O–H groups in total. The fourth-order valence-corrected chi connectivity index (χ4v) is 1.74. The minimum Gasteiger partial charge on any atom is -0.489 e. The van der Waals surface area contributed by atoms with Gasteiger partial charge in [0.2, 0.25) is 5.91 Å². The van der Waals surface area contributed by atoms with Crippen LogP contribution in [0.1, 0.15) is 12.2 Å². The van der Waals surface area contributed by atoms with E-state index < -0.39 is 0 Å². The number of benzene rings is 1. The second-order valence-electron chi connectivity index (χ2n) is 3.83. The molecule has 2 rings (SSSR count). The second-order valence-corrected chi connectivity index (χ2v) is 3.83. The molecule has 96 valence electrons. The van der Waals surface area contributed by atoms with Gasteiger partial charge < -0.3 is 20.2 Å². The lowest BCUT2D eigenvalue weighted by atomic mass is 10.2. The molecular weight excluding hydrogens is 232 g/mol. The summed E-state index contributed by atoms with van der Waals surface area (Å²) < 4.78 is 11.2. The van der Waals surface area contributed by atoms with Crippen molar-refractivity contribution in [3.8, 4) is 5.75 Å². The summed E-state index contributed by atoms with van der Waals surface area (Å²) in [4.78, 5) is 11.1. The van der Waals surface area contributed by atoms with Gasteiger partial charge in [-0.3, -0.25) is 4.79 Å². The molecule has 0 saturated heterocycles. The highest BCUT2D eigenvalue weighted by Gasteiger charge is 2.14. The van der Waals surface area contributed by atoms with Crippen molar-refractivity contribution < 1.29 is 13.9 Å². The summed E-state index contributed by atoms with van der Waals surface area (Å²) in [5.41, 5.74) is 6.36. The standard InChI is InChI=1S/C13H16N2O3/c1-15-12(16)6-7-17-13-9-4-2-3-5-10(9)18-11(13)8-14/h2-5H,6-8,14H2,1H3,(H,15,16). The van der Waals surface area contributed by atoms with Gasteiger partial charge in [0, 0.05) is 7.05 Å². The first-order chi connectivity index (χ1) is 8.76. The molecule has 1 heterocycles. The molecule has 0 aliphatic rings. The number of hydrogen-bond donors (Lipinski definition) is 2. The molecule has 1 amide bonds. The maximum Gasteiger partial charge on any atom is 0.223 e. The van der Waals surface area contributed by atoms with Crippen molar-refractivity contribution in [1.82, 2.24) is 5.32 Å². The number of furan rings is 1. The minimum absolute atomic E-state index is 0.0582. The van der Waals surface area contributed by atoms with E-state index in [1.807, 2.05) is 24.3 Å². The van der Waals surface area contributed by atoms with Crippen molar-refractivity contribution >= 4 is 16.9 Å². The predicted octanol–water partition coefficient (Wildman–Crippen LogP) is 1.41. The molecule has 0 spiro atoms. The van der Waals surface area contributed by atoms with Gasteiger partial charge in [-0.2, -0.15) is 0 Å². The van der Waals surface area contributed by atoms with E-state index in [0.717, 1.165) is 11.0 Å². The summed E-state index contributed by atoms with van der Waals surface area (Å²) in [5.74, 6) is 1.18. The number of fused-ring (bicyclic) bond motifs is 1. The number of ether oxygens (including phenoxy) is 1. The number of nitrogens with one attached hydrogen (secondary N) is 1. The highest BCUT2D eigenvalue weighted by atomic mass is 16.5. The van der Waals surface area contributed by atoms with Gasteiger partial charge in [-0.05, 0) is 12.1 Å². The fourth-order valence-electron chi connectivity index (χ4n) is 1.74. The van der Waals surface area contributed by atoms with Gasteiger partial charge in [0.15, 0.2) is 11.5 Å². The first-order valence-corrected chi connectivity index (χ1v) is 5.80. The molecule has 0 aliphatic heterocycles. The Kier molecular flexibility index (Phi) is 3.84. The zero-order chi connectivity index (χ0) is 13.0. The van der Waals surface area contributed by atoms with Gasteiger partial charge in [-0.25, -0.2) is 0 Å². The van der Waals surface area contributed by atoms with Crippen LogP contribution in [0.15, 0.2) is 28.7 Å². The minimum atomic E-state index is -0.0582. The lowest BCUT2D eigenvalue weighted by Crippen LogP contribution is -2.20. The van der Waals surface area contributed by atoms with Crippen LogP contribution in [0, 0.1) is 0 Å². The Morgan fingerprint density at radius 1 is 1.44 bits per heavy atom. The van der Waals surface area contributed by atoms with Gasteiger partial charge in [0.05, 0.1) is 25.0 Å². The van der Waals surface area contributed by atoms with Crippen molar-refractivity contribution in [2.24, 2.45) is 5.73 Å². The van der Waals surface area contributed by atoms with Crippen LogP contribution >= 0.6 is 0 Å². The Morgan fingerprint density at radius 2 is 2.22 bits per heavy atom. The number of hydrogen-bond acceptors (Lipinski definition) is 4. The molecule has 0 bridgehead atoms. The highest BCUT2D eigenvalue weighted by Crippen LogP contribution is 2.32. The third-order valence-corrected chi connectivity index (χ3v) is 2.66. The van der Waals surface area contributed by atoms with Crippen LogP contribution in [-0.2, 0) is 11.3 Å². The first kappa shape index (κ1) is 12.4. The molecule has 1 aromatic carbocycles. The van der Waals surface area contributed by atoms with Crippen molar-refractivity contribution in [3.05, 3.63) is 30.0 Å². The lowest BCUT2D eigenvalue weighted by Gasteiger charge is -2.05. The highest BCUT2D eigenvalue weighted by molar-refractivity contribution is 5.85. The summed E-state index contributed by atoms with van der Waals surface area (Å²) in [6.45, 7) is 0.570. The third-order valence-electron chi connectivity index (χ3n) is 2.66. The summed E-state index contributed by atoms with van der Waals surface area (Å²) in [5, 5.41) is 3.43. The molecular formula is C13H16N2O3. The van der Waals surface area contributed by atoms with E-state index in [-0.39, 0.29) is 12.5 Å². The Hall–Kier alpha value is -2.01. The summed E-state index contributed by atoms with van der Waals surface area (Å²) in [7, 11) is 1.60. The molecule has 0 saturated carbocycles. The Morgan fingerprint density at radius 3 is 2.94 bits per heavy atom. The first-order valence-electron chi connectivity index (χ1n) is 5.80. The van der Waals surface area contributed by atoms with Crippen LogP contribution in [-0.4, -0.2) is 19.6 Å². The van der Waals surface area contributed by atoms with Crippen LogP contribution < -0.4 is 15.8 Å². The monoisotopic (exact) mass is 248 g/mol. The molecule has 18 heavy (non-hydrogen) atoms. The fraction of sp³-hybridized carbons (Fsp3) is 0.308. The maximum atomic E-state index is 11.1. The van der Waals surface area contributed by atoms with Crippen molar-refractivity contribution in [3.63, 3.8) is 0 Å². The average Bonchev–Trinajstić information content (AvgIpc) is 2.77. The largest absolute Gasteiger partial charge is 0.489 e. The number of carbonyl (C=O) groups is 1. The Labute approximate surface area is 105 Å². The number of carbonyl (C=O) groups excluding carboxylic acids is 1. The number of amides is 1. The zero-order valence-corrected chi connectivity index (χ0v) is 10.2. The van der Waals surface area contributed by atoms with E-state index in [9.17, 15) is 4.79 Å². The second kappa shape index (κ2) is 5.55. The summed E-state index contributed by atoms with van der Waals surface area (Å²) >= 11 is 0. The van der Waals surface area contributed by atoms with Crippen LogP contribution in [0.5, 0.6) is 5.75 Å². The smallest absolute Gasteiger partial charge is 0.223 e. The SMILES string of the molecule is CNC(=O)CCOc1c(CN)oc2ccccc12. The molecule has 0 radical (unpaired) electrons. The quantitative estimate of drug-likeness (QED) is 0.838. The van der Waals surface area contributed by atoms with E-state index in [1.165, 1.54) is 0 Å². The summed E-state index contributed by atoms with van der Waals surface area (Å²) in [6, 6.07) is 7.57. The van der Waals surface area contributed by atoms with Crippen LogP contribution in [0.25, 0.3) is 11.0 Å². The predicted molar refractivity (Wildman–Crippen MR) is 68.3 cm³/mol. The van der Waals surface area contributed by atoms with Crippen LogP contribution in [0.2, 0.25) is 0 Å². The molecule has 0 unspecified atom stereocenters. The van der Waals surface area contributed by atoms with Crippen LogP contribution in [0.4, 0.5) is 0 Å². The Balaban J connectivity index is 2.18. The van der Waals surface area contributed by atoms with E-state index in [4.69, 9.17) is 14.9 Å². The summed E-state index contributed by atoms with van der Waals surface area (Å²) in [6.07, 6.45) is 0.306. The van der Waals surface area contributed by atoms with E-state index in [1.54, 1.807) is 7.05 Å². The van der Waals surface area contributed by atoms with E-state index in [0.29, 0.717) is 24.5 Å². The number of rotatable bonds is 5. The number of para-hydroxylation sites is 1. The van der Waals surface area contributed by atoms with Gasteiger partial charge in [-0.15, -0.1) is 0 Å². The molecule has 0 atom stereocenters. The van der Waals surface area contributed by atoms with Gasteiger partial charge in [0.25, 0.3) is 0 Å². The molecule has 5 nitrogen and oxygen atoms in total. The average molecular weight is 248 g/mol. The van der Waals surface area contributed by atoms with Crippen molar-refractivity contribution in [1.29, 1.82) is 0 Å². The van der Waals surface area contributed by atoms with Crippen LogP contribution in [0.3, 0.4) is 0 Å². The molecule has 1 aromatic heterocycles. The Bertz CT molecular complexity index is 548. The number of nitrogens with two attached hydrogens (primary N) is 1. The van der Waals surface area contributed by atoms with Crippen molar-refractivity contribution in [2.75, 3.05) is 13.7 Å². The topological polar surface area (TPSA) is 77.5 Å². The maximum absolute atomic E-state index is 11.1. The lowest BCUT2D eigenvalue weighted by molar-refractivity contribution is -0.121.